The molecule has 0 spiro atoms. The minimum absolute atomic E-state index is 0.133. The first-order valence-corrected chi connectivity index (χ1v) is 8.97. The number of hydrogen-bond acceptors (Lipinski definition) is 7. The van der Waals surface area contributed by atoms with Gasteiger partial charge in [0.25, 0.3) is 5.91 Å². The quantitative estimate of drug-likeness (QED) is 0.574. The summed E-state index contributed by atoms with van der Waals surface area (Å²) in [6.07, 6.45) is 1.68. The molecule has 2 rings (SSSR count). The van der Waals surface area contributed by atoms with Crippen LogP contribution in [0.25, 0.3) is 0 Å². The maximum atomic E-state index is 12.2. The number of aryl methyl sites for hydroxylation is 1. The molecule has 0 aromatic carbocycles. The number of ketones is 1. The monoisotopic (exact) mass is 392 g/mol. The molecule has 1 amide bonds. The van der Waals surface area contributed by atoms with Gasteiger partial charge < -0.3 is 19.4 Å². The molecule has 2 aromatic rings. The van der Waals surface area contributed by atoms with E-state index in [9.17, 15) is 19.2 Å². The summed E-state index contributed by atoms with van der Waals surface area (Å²) in [4.78, 5) is 48.4. The highest BCUT2D eigenvalue weighted by Crippen LogP contribution is 2.34. The number of Topliss-reactive ketones (excluding diaryl/α,β-unsaturated/α-hetero) is 1. The Morgan fingerprint density at radius 1 is 1.19 bits per heavy atom. The van der Waals surface area contributed by atoms with Crippen LogP contribution in [0.4, 0.5) is 5.00 Å². The highest BCUT2D eigenvalue weighted by molar-refractivity contribution is 7.18. The second kappa shape index (κ2) is 8.63. The molecule has 8 nitrogen and oxygen atoms in total. The van der Waals surface area contributed by atoms with Crippen molar-refractivity contribution in [2.75, 3.05) is 18.5 Å². The minimum Gasteiger partial charge on any atom is -0.462 e. The Morgan fingerprint density at radius 2 is 1.89 bits per heavy atom. The van der Waals surface area contributed by atoms with Gasteiger partial charge in [0.05, 0.1) is 17.0 Å². The van der Waals surface area contributed by atoms with Crippen LogP contribution in [0.1, 0.15) is 49.9 Å². The fraction of sp³-hybridized carbons (Fsp3) is 0.333. The number of thiophene rings is 1. The van der Waals surface area contributed by atoms with Gasteiger partial charge in [-0.3, -0.25) is 9.59 Å². The fourth-order valence-electron chi connectivity index (χ4n) is 2.43. The first-order chi connectivity index (χ1) is 12.8. The Morgan fingerprint density at radius 3 is 2.44 bits per heavy atom. The third-order valence-electron chi connectivity index (χ3n) is 3.69. The van der Waals surface area contributed by atoms with Gasteiger partial charge >= 0.3 is 11.9 Å². The molecule has 1 N–H and O–H groups in total. The van der Waals surface area contributed by atoms with Crippen LogP contribution in [0.15, 0.2) is 18.3 Å². The molecule has 0 radical (unpaired) electrons. The van der Waals surface area contributed by atoms with Gasteiger partial charge in [-0.05, 0) is 38.5 Å². The highest BCUT2D eigenvalue weighted by atomic mass is 32.1. The summed E-state index contributed by atoms with van der Waals surface area (Å²) in [5.74, 6) is -2.12. The molecule has 0 atom stereocenters. The molecule has 0 aliphatic carbocycles. The molecule has 0 saturated heterocycles. The molecule has 9 heteroatoms. The summed E-state index contributed by atoms with van der Waals surface area (Å²) in [6, 6.07) is 3.25. The molecule has 27 heavy (non-hydrogen) atoms. The van der Waals surface area contributed by atoms with Gasteiger partial charge in [0.2, 0.25) is 0 Å². The van der Waals surface area contributed by atoms with E-state index in [0.717, 1.165) is 11.3 Å². The zero-order chi connectivity index (χ0) is 20.1. The predicted octanol–water partition coefficient (Wildman–Crippen LogP) is 2.57. The van der Waals surface area contributed by atoms with Crippen LogP contribution in [0, 0.1) is 6.92 Å². The van der Waals surface area contributed by atoms with Gasteiger partial charge in [0, 0.05) is 13.2 Å². The molecule has 0 unspecified atom stereocenters. The summed E-state index contributed by atoms with van der Waals surface area (Å²) >= 11 is 0.984. The lowest BCUT2D eigenvalue weighted by Gasteiger charge is -2.08. The van der Waals surface area contributed by atoms with E-state index < -0.39 is 24.5 Å². The van der Waals surface area contributed by atoms with Crippen LogP contribution in [0.2, 0.25) is 0 Å². The Labute approximate surface area is 160 Å². The van der Waals surface area contributed by atoms with Crippen LogP contribution in [-0.2, 0) is 21.3 Å². The second-order valence-electron chi connectivity index (χ2n) is 5.67. The lowest BCUT2D eigenvalue weighted by atomic mass is 10.1. The van der Waals surface area contributed by atoms with E-state index in [-0.39, 0.29) is 23.0 Å². The summed E-state index contributed by atoms with van der Waals surface area (Å²) in [5.41, 5.74) is 0.886. The third-order valence-corrected chi connectivity index (χ3v) is 4.99. The summed E-state index contributed by atoms with van der Waals surface area (Å²) < 4.78 is 11.6. The number of anilines is 1. The smallest absolute Gasteiger partial charge is 0.355 e. The Bertz CT molecular complexity index is 896. The number of ether oxygens (including phenoxy) is 2. The van der Waals surface area contributed by atoms with Gasteiger partial charge in [0.15, 0.2) is 12.4 Å². The van der Waals surface area contributed by atoms with Crippen molar-refractivity contribution in [1.29, 1.82) is 0 Å². The van der Waals surface area contributed by atoms with Gasteiger partial charge in [-0.25, -0.2) is 9.59 Å². The van der Waals surface area contributed by atoms with Crippen molar-refractivity contribution in [2.45, 2.75) is 20.8 Å². The SMILES string of the molecule is CCOC(=O)c1c(NC(=O)COC(=O)c2cccn2C)sc(C(C)=O)c1C. The van der Waals surface area contributed by atoms with E-state index in [4.69, 9.17) is 9.47 Å². The van der Waals surface area contributed by atoms with Gasteiger partial charge in [-0.2, -0.15) is 0 Å². The number of carbonyl (C=O) groups is 4. The van der Waals surface area contributed by atoms with Crippen molar-refractivity contribution < 1.29 is 28.7 Å². The molecule has 0 saturated carbocycles. The van der Waals surface area contributed by atoms with Crippen molar-refractivity contribution in [3.63, 3.8) is 0 Å². The molecule has 0 aliphatic rings. The molecule has 0 fully saturated rings. The first kappa shape index (κ1) is 20.4. The van der Waals surface area contributed by atoms with Crippen LogP contribution in [0.3, 0.4) is 0 Å². The van der Waals surface area contributed by atoms with Crippen LogP contribution in [0.5, 0.6) is 0 Å². The zero-order valence-electron chi connectivity index (χ0n) is 15.5. The predicted molar refractivity (Wildman–Crippen MR) is 99.3 cm³/mol. The lowest BCUT2D eigenvalue weighted by molar-refractivity contribution is -0.119. The molecule has 2 heterocycles. The van der Waals surface area contributed by atoms with E-state index in [1.807, 2.05) is 0 Å². The van der Waals surface area contributed by atoms with Gasteiger partial charge in [-0.1, -0.05) is 0 Å². The van der Waals surface area contributed by atoms with E-state index in [2.05, 4.69) is 5.32 Å². The maximum absolute atomic E-state index is 12.2. The average Bonchev–Trinajstić information content (AvgIpc) is 3.16. The van der Waals surface area contributed by atoms with Crippen LogP contribution in [-0.4, -0.2) is 41.4 Å². The second-order valence-corrected chi connectivity index (χ2v) is 6.69. The van der Waals surface area contributed by atoms with Crippen LogP contribution < -0.4 is 5.32 Å². The fourth-order valence-corrected chi connectivity index (χ4v) is 3.53. The van der Waals surface area contributed by atoms with Crippen molar-refractivity contribution in [2.24, 2.45) is 7.05 Å². The van der Waals surface area contributed by atoms with Gasteiger partial charge in [0.1, 0.15) is 10.7 Å². The van der Waals surface area contributed by atoms with Crippen molar-refractivity contribution in [3.05, 3.63) is 40.0 Å². The molecular weight excluding hydrogens is 372 g/mol. The zero-order valence-corrected chi connectivity index (χ0v) is 16.3. The Hall–Kier alpha value is -2.94. The molecular formula is C18H20N2O6S. The number of rotatable bonds is 7. The summed E-state index contributed by atoms with van der Waals surface area (Å²) in [5, 5.41) is 2.71. The molecule has 2 aromatic heterocycles. The highest BCUT2D eigenvalue weighted by Gasteiger charge is 2.25. The number of amides is 1. The topological polar surface area (TPSA) is 104 Å². The van der Waals surface area contributed by atoms with E-state index >= 15 is 0 Å². The van der Waals surface area contributed by atoms with Crippen molar-refractivity contribution >= 4 is 40.0 Å². The molecule has 0 bridgehead atoms. The number of hydrogen-bond donors (Lipinski definition) is 1. The largest absolute Gasteiger partial charge is 0.462 e. The Kier molecular flexibility index (Phi) is 6.51. The number of aromatic nitrogens is 1. The van der Waals surface area contributed by atoms with E-state index in [1.54, 1.807) is 43.8 Å². The van der Waals surface area contributed by atoms with E-state index in [0.29, 0.717) is 16.1 Å². The maximum Gasteiger partial charge on any atom is 0.355 e. The van der Waals surface area contributed by atoms with Crippen molar-refractivity contribution in [1.82, 2.24) is 4.57 Å². The average molecular weight is 392 g/mol. The van der Waals surface area contributed by atoms with Crippen molar-refractivity contribution in [3.8, 4) is 0 Å². The third kappa shape index (κ3) is 4.62. The number of carbonyl (C=O) groups excluding carboxylic acids is 4. The van der Waals surface area contributed by atoms with E-state index in [1.165, 1.54) is 6.92 Å². The Balaban J connectivity index is 2.13. The lowest BCUT2D eigenvalue weighted by Crippen LogP contribution is -2.22. The summed E-state index contributed by atoms with van der Waals surface area (Å²) in [6.45, 7) is 4.28. The van der Waals surface area contributed by atoms with Gasteiger partial charge in [-0.15, -0.1) is 11.3 Å². The number of nitrogens with one attached hydrogen (secondary N) is 1. The first-order valence-electron chi connectivity index (χ1n) is 8.16. The minimum atomic E-state index is -0.643. The standard InChI is InChI=1S/C18H20N2O6S/c1-5-25-18(24)14-10(2)15(11(3)21)27-16(14)19-13(22)9-26-17(23)12-7-6-8-20(12)4/h6-8H,5,9H2,1-4H3,(H,19,22). The normalized spacial score (nSPS) is 10.4. The summed E-state index contributed by atoms with van der Waals surface area (Å²) in [7, 11) is 1.68. The molecule has 144 valence electrons. The van der Waals surface area contributed by atoms with Crippen LogP contribution >= 0.6 is 11.3 Å². The number of nitrogens with zero attached hydrogens (tertiary/aromatic N) is 1. The number of esters is 2. The molecule has 0 aliphatic heterocycles.